The molecular weight excluding hydrogens is 266 g/mol. The fourth-order valence-electron chi connectivity index (χ4n) is 2.85. The van der Waals surface area contributed by atoms with Crippen LogP contribution in [0.2, 0.25) is 0 Å². The summed E-state index contributed by atoms with van der Waals surface area (Å²) in [6.45, 7) is 0.865. The van der Waals surface area contributed by atoms with Crippen LogP contribution in [0.25, 0.3) is 0 Å². The fraction of sp³-hybridized carbons (Fsp3) is 0.588. The zero-order valence-corrected chi connectivity index (χ0v) is 12.8. The van der Waals surface area contributed by atoms with Crippen molar-refractivity contribution < 1.29 is 14.6 Å². The van der Waals surface area contributed by atoms with Crippen LogP contribution >= 0.6 is 0 Å². The summed E-state index contributed by atoms with van der Waals surface area (Å²) in [6.07, 6.45) is 6.38. The number of amides is 1. The summed E-state index contributed by atoms with van der Waals surface area (Å²) < 4.78 is 5.52. The van der Waals surface area contributed by atoms with Crippen molar-refractivity contribution in [2.75, 3.05) is 20.2 Å². The van der Waals surface area contributed by atoms with E-state index in [0.29, 0.717) is 11.7 Å². The summed E-state index contributed by atoms with van der Waals surface area (Å²) in [5.74, 6) is 1.28. The molecule has 1 aliphatic carbocycles. The van der Waals surface area contributed by atoms with Crippen LogP contribution in [0.3, 0.4) is 0 Å². The molecular formula is C17H25NO3. The first-order valence-corrected chi connectivity index (χ1v) is 7.75. The average molecular weight is 291 g/mol. The lowest BCUT2D eigenvalue weighted by molar-refractivity contribution is -0.132. The zero-order chi connectivity index (χ0) is 15.1. The predicted molar refractivity (Wildman–Crippen MR) is 82.1 cm³/mol. The van der Waals surface area contributed by atoms with Crippen LogP contribution in [0, 0.1) is 5.92 Å². The first kappa shape index (κ1) is 15.8. The van der Waals surface area contributed by atoms with E-state index < -0.39 is 0 Å². The molecule has 4 heteroatoms. The smallest absolute Gasteiger partial charge is 0.260 e. The van der Waals surface area contributed by atoms with E-state index in [1.807, 2.05) is 19.2 Å². The maximum atomic E-state index is 12.1. The lowest BCUT2D eigenvalue weighted by Crippen LogP contribution is -2.35. The molecule has 1 saturated carbocycles. The molecule has 0 radical (unpaired) electrons. The minimum absolute atomic E-state index is 0.00924. The molecule has 0 spiro atoms. The van der Waals surface area contributed by atoms with Gasteiger partial charge in [0, 0.05) is 13.6 Å². The van der Waals surface area contributed by atoms with Crippen molar-refractivity contribution in [3.8, 4) is 5.75 Å². The molecule has 0 heterocycles. The highest BCUT2D eigenvalue weighted by Crippen LogP contribution is 2.24. The monoisotopic (exact) mass is 291 g/mol. The Morgan fingerprint density at radius 3 is 2.81 bits per heavy atom. The Balaban J connectivity index is 1.77. The van der Waals surface area contributed by atoms with Gasteiger partial charge in [-0.05, 0) is 36.5 Å². The van der Waals surface area contributed by atoms with Gasteiger partial charge in [-0.25, -0.2) is 0 Å². The Kier molecular flexibility index (Phi) is 6.05. The Hall–Kier alpha value is -1.55. The molecule has 1 amide bonds. The molecule has 2 rings (SSSR count). The second-order valence-electron chi connectivity index (χ2n) is 5.87. The molecule has 0 aliphatic heterocycles. The summed E-state index contributed by atoms with van der Waals surface area (Å²) in [6, 6.07) is 7.20. The Morgan fingerprint density at radius 2 is 2.10 bits per heavy atom. The first-order valence-electron chi connectivity index (χ1n) is 7.75. The molecule has 0 bridgehead atoms. The second kappa shape index (κ2) is 8.03. The van der Waals surface area contributed by atoms with Gasteiger partial charge in [0.2, 0.25) is 0 Å². The molecule has 21 heavy (non-hydrogen) atoms. The van der Waals surface area contributed by atoms with Crippen LogP contribution in [0.15, 0.2) is 24.3 Å². The van der Waals surface area contributed by atoms with Gasteiger partial charge in [-0.2, -0.15) is 0 Å². The largest absolute Gasteiger partial charge is 0.484 e. The SMILES string of the molecule is CN(CC1CCCCC1)C(=O)COc1cccc(CO)c1. The summed E-state index contributed by atoms with van der Waals surface area (Å²) in [5, 5.41) is 9.08. The van der Waals surface area contributed by atoms with Crippen LogP contribution < -0.4 is 4.74 Å². The minimum Gasteiger partial charge on any atom is -0.484 e. The lowest BCUT2D eigenvalue weighted by Gasteiger charge is -2.27. The number of hydrogen-bond donors (Lipinski definition) is 1. The van der Waals surface area contributed by atoms with E-state index in [2.05, 4.69) is 0 Å². The quantitative estimate of drug-likeness (QED) is 0.876. The van der Waals surface area contributed by atoms with Gasteiger partial charge in [-0.1, -0.05) is 31.4 Å². The molecule has 0 aromatic heterocycles. The van der Waals surface area contributed by atoms with Crippen molar-refractivity contribution in [3.63, 3.8) is 0 Å². The van der Waals surface area contributed by atoms with Crippen molar-refractivity contribution in [2.24, 2.45) is 5.92 Å². The van der Waals surface area contributed by atoms with E-state index in [-0.39, 0.29) is 19.1 Å². The van der Waals surface area contributed by atoms with Crippen molar-refractivity contribution in [1.29, 1.82) is 0 Å². The average Bonchev–Trinajstić information content (AvgIpc) is 2.53. The Morgan fingerprint density at radius 1 is 1.33 bits per heavy atom. The van der Waals surface area contributed by atoms with Crippen molar-refractivity contribution in [2.45, 2.75) is 38.7 Å². The predicted octanol–water partition coefficient (Wildman–Crippen LogP) is 2.60. The number of benzene rings is 1. The molecule has 0 atom stereocenters. The van der Waals surface area contributed by atoms with Gasteiger partial charge in [0.05, 0.1) is 6.61 Å². The van der Waals surface area contributed by atoms with Gasteiger partial charge in [0.25, 0.3) is 5.91 Å². The van der Waals surface area contributed by atoms with Gasteiger partial charge < -0.3 is 14.7 Å². The molecule has 0 saturated heterocycles. The third kappa shape index (κ3) is 5.05. The van der Waals surface area contributed by atoms with E-state index in [9.17, 15) is 4.79 Å². The van der Waals surface area contributed by atoms with Gasteiger partial charge in [-0.15, -0.1) is 0 Å². The van der Waals surface area contributed by atoms with Crippen molar-refractivity contribution >= 4 is 5.91 Å². The molecule has 1 fully saturated rings. The molecule has 0 unspecified atom stereocenters. The number of aliphatic hydroxyl groups is 1. The minimum atomic E-state index is -0.0211. The second-order valence-corrected chi connectivity index (χ2v) is 5.87. The Labute approximate surface area is 126 Å². The molecule has 1 aromatic rings. The number of carbonyl (C=O) groups excluding carboxylic acids is 1. The van der Waals surface area contributed by atoms with Crippen molar-refractivity contribution in [1.82, 2.24) is 4.90 Å². The number of rotatable bonds is 6. The number of aliphatic hydroxyl groups excluding tert-OH is 1. The van der Waals surface area contributed by atoms with E-state index in [1.165, 1.54) is 32.1 Å². The highest BCUT2D eigenvalue weighted by molar-refractivity contribution is 5.77. The molecule has 116 valence electrons. The third-order valence-electron chi connectivity index (χ3n) is 4.13. The van der Waals surface area contributed by atoms with Gasteiger partial charge in [0.15, 0.2) is 6.61 Å². The summed E-state index contributed by atoms with van der Waals surface area (Å²) >= 11 is 0. The topological polar surface area (TPSA) is 49.8 Å². The first-order chi connectivity index (χ1) is 10.2. The number of likely N-dealkylation sites (N-methyl/N-ethyl adjacent to an activating group) is 1. The highest BCUT2D eigenvalue weighted by Gasteiger charge is 2.18. The van der Waals surface area contributed by atoms with E-state index >= 15 is 0 Å². The third-order valence-corrected chi connectivity index (χ3v) is 4.13. The van der Waals surface area contributed by atoms with Gasteiger partial charge >= 0.3 is 0 Å². The van der Waals surface area contributed by atoms with E-state index in [1.54, 1.807) is 17.0 Å². The number of ether oxygens (including phenoxy) is 1. The summed E-state index contributed by atoms with van der Waals surface area (Å²) in [7, 11) is 1.85. The normalized spacial score (nSPS) is 15.7. The van der Waals surface area contributed by atoms with Crippen LogP contribution in [0.1, 0.15) is 37.7 Å². The van der Waals surface area contributed by atoms with E-state index in [0.717, 1.165) is 12.1 Å². The molecule has 1 N–H and O–H groups in total. The summed E-state index contributed by atoms with van der Waals surface area (Å²) in [5.41, 5.74) is 0.788. The number of hydrogen-bond acceptors (Lipinski definition) is 3. The maximum Gasteiger partial charge on any atom is 0.260 e. The van der Waals surface area contributed by atoms with Gasteiger partial charge in [-0.3, -0.25) is 4.79 Å². The van der Waals surface area contributed by atoms with Crippen molar-refractivity contribution in [3.05, 3.63) is 29.8 Å². The van der Waals surface area contributed by atoms with Gasteiger partial charge in [0.1, 0.15) is 5.75 Å². The highest BCUT2D eigenvalue weighted by atomic mass is 16.5. The van der Waals surface area contributed by atoms with Crippen LogP contribution in [0.5, 0.6) is 5.75 Å². The molecule has 4 nitrogen and oxygen atoms in total. The number of carbonyl (C=O) groups is 1. The zero-order valence-electron chi connectivity index (χ0n) is 12.8. The lowest BCUT2D eigenvalue weighted by atomic mass is 9.89. The molecule has 1 aliphatic rings. The maximum absolute atomic E-state index is 12.1. The number of nitrogens with zero attached hydrogens (tertiary/aromatic N) is 1. The molecule has 1 aromatic carbocycles. The van der Waals surface area contributed by atoms with Crippen LogP contribution in [-0.4, -0.2) is 36.1 Å². The van der Waals surface area contributed by atoms with E-state index in [4.69, 9.17) is 9.84 Å². The van der Waals surface area contributed by atoms with Crippen LogP contribution in [0.4, 0.5) is 0 Å². The fourth-order valence-corrected chi connectivity index (χ4v) is 2.85. The summed E-state index contributed by atoms with van der Waals surface area (Å²) in [4.78, 5) is 13.9. The van der Waals surface area contributed by atoms with Crippen LogP contribution in [-0.2, 0) is 11.4 Å². The standard InChI is InChI=1S/C17H25NO3/c1-18(11-14-6-3-2-4-7-14)17(20)13-21-16-9-5-8-15(10-16)12-19/h5,8-10,14,19H,2-4,6-7,11-13H2,1H3. The Bertz CT molecular complexity index is 455.